The van der Waals surface area contributed by atoms with Gasteiger partial charge in [-0.25, -0.2) is 4.57 Å². The van der Waals surface area contributed by atoms with Crippen molar-refractivity contribution in [3.8, 4) is 0 Å². The lowest BCUT2D eigenvalue weighted by molar-refractivity contribution is 0.195. The molecule has 0 aromatic heterocycles. The van der Waals surface area contributed by atoms with Crippen LogP contribution in [0.15, 0.2) is 0 Å². The molecule has 0 aliphatic heterocycles. The largest absolute Gasteiger partial charge is 0.708 e. The van der Waals surface area contributed by atoms with E-state index in [2.05, 4.69) is 22.2 Å². The quantitative estimate of drug-likeness (QED) is 0.565. The molecule has 100 valence electrons. The molecule has 0 radical (unpaired) electrons. The van der Waals surface area contributed by atoms with Gasteiger partial charge in [-0.3, -0.25) is 4.52 Å². The fourth-order valence-corrected chi connectivity index (χ4v) is 3.83. The lowest BCUT2D eigenvalue weighted by atomic mass is 10.9. The molecule has 0 fully saturated rings. The van der Waals surface area contributed by atoms with Gasteiger partial charge >= 0.3 is 24.3 Å². The van der Waals surface area contributed by atoms with Crippen molar-refractivity contribution in [1.82, 2.24) is 0 Å². The molecule has 17 heavy (non-hydrogen) atoms. The van der Waals surface area contributed by atoms with Crippen molar-refractivity contribution in [2.24, 2.45) is 0 Å². The van der Waals surface area contributed by atoms with E-state index < -0.39 is 24.3 Å². The lowest BCUT2D eigenvalue weighted by Gasteiger charge is -2.02. The molecule has 0 heterocycles. The topological polar surface area (TPSA) is 97.4 Å². The van der Waals surface area contributed by atoms with Crippen molar-refractivity contribution < 1.29 is 35.9 Å². The molecule has 0 saturated carbocycles. The van der Waals surface area contributed by atoms with E-state index in [1.54, 1.807) is 13.8 Å². The monoisotopic (exact) mass is 308 g/mol. The third kappa shape index (κ3) is 8.03. The zero-order valence-electron chi connectivity index (χ0n) is 9.73. The molecule has 8 nitrogen and oxygen atoms in total. The minimum absolute atomic E-state index is 0.0398. The van der Waals surface area contributed by atoms with E-state index in [9.17, 15) is 13.7 Å². The molecule has 11 heteroatoms. The zero-order valence-corrected chi connectivity index (χ0v) is 12.4. The van der Waals surface area contributed by atoms with E-state index in [-0.39, 0.29) is 19.8 Å². The first kappa shape index (κ1) is 17.2. The second-order valence-corrected chi connectivity index (χ2v) is 6.18. The summed E-state index contributed by atoms with van der Waals surface area (Å²) in [5.41, 5.74) is 0. The van der Waals surface area contributed by atoms with Gasteiger partial charge < -0.3 is 0 Å². The third-order valence-corrected chi connectivity index (χ3v) is 5.27. The fraction of sp³-hybridized carbons (Fsp3) is 1.00. The van der Waals surface area contributed by atoms with E-state index in [4.69, 9.17) is 0 Å². The molecule has 2 unspecified atom stereocenters. The zero-order chi connectivity index (χ0) is 13.3. The highest BCUT2D eigenvalue weighted by Gasteiger charge is 2.48. The molecule has 0 N–H and O–H groups in total. The summed E-state index contributed by atoms with van der Waals surface area (Å²) < 4.78 is 56.7. The van der Waals surface area contributed by atoms with Gasteiger partial charge in [0.05, 0.1) is 6.61 Å². The average molecular weight is 308 g/mol. The second-order valence-electron chi connectivity index (χ2n) is 2.31. The molecule has 0 rings (SSSR count). The summed E-state index contributed by atoms with van der Waals surface area (Å²) in [6.07, 6.45) is 0. The Labute approximate surface area is 101 Å². The molecule has 0 amide bonds. The summed E-state index contributed by atoms with van der Waals surface area (Å²) in [4.78, 5) is 0. The van der Waals surface area contributed by atoms with Gasteiger partial charge in [0, 0.05) is 17.8 Å². The maximum atomic E-state index is 11.8. The van der Waals surface area contributed by atoms with Crippen LogP contribution in [0.3, 0.4) is 0 Å². The molecule has 0 saturated heterocycles. The van der Waals surface area contributed by atoms with Gasteiger partial charge in [0.25, 0.3) is 0 Å². The summed E-state index contributed by atoms with van der Waals surface area (Å²) in [5.74, 6) is 0. The van der Waals surface area contributed by atoms with Crippen molar-refractivity contribution in [3.63, 3.8) is 0 Å². The van der Waals surface area contributed by atoms with Gasteiger partial charge in [-0.05, 0) is 20.8 Å². The van der Waals surface area contributed by atoms with Gasteiger partial charge in [0.1, 0.15) is 13.2 Å². The first-order valence-electron chi connectivity index (χ1n) is 4.81. The summed E-state index contributed by atoms with van der Waals surface area (Å²) in [6, 6.07) is 0. The van der Waals surface area contributed by atoms with Crippen molar-refractivity contribution in [1.29, 1.82) is 0 Å². The normalized spacial score (nSPS) is 16.4. The lowest BCUT2D eigenvalue weighted by Crippen LogP contribution is -1.94. The number of phosphoric acid groups is 1. The molecular formula is C6H15O8P3+2. The number of rotatable bonds is 10. The van der Waals surface area contributed by atoms with E-state index in [0.717, 1.165) is 0 Å². The second kappa shape index (κ2) is 9.20. The van der Waals surface area contributed by atoms with Crippen molar-refractivity contribution >= 4 is 24.3 Å². The molecular weight excluding hydrogens is 293 g/mol. The van der Waals surface area contributed by atoms with Crippen molar-refractivity contribution in [3.05, 3.63) is 0 Å². The fourth-order valence-electron chi connectivity index (χ4n) is 0.641. The molecule has 0 aromatic rings. The Morgan fingerprint density at radius 3 is 1.59 bits per heavy atom. The van der Waals surface area contributed by atoms with Crippen LogP contribution in [0.2, 0.25) is 0 Å². The minimum atomic E-state index is -4.21. The van der Waals surface area contributed by atoms with Crippen LogP contribution < -0.4 is 0 Å². The smallest absolute Gasteiger partial charge is 0.282 e. The van der Waals surface area contributed by atoms with E-state index in [1.807, 2.05) is 0 Å². The van der Waals surface area contributed by atoms with Crippen molar-refractivity contribution in [2.45, 2.75) is 20.8 Å². The Kier molecular flexibility index (Phi) is 9.32. The van der Waals surface area contributed by atoms with Crippen LogP contribution >= 0.6 is 24.3 Å². The highest BCUT2D eigenvalue weighted by molar-refractivity contribution is 7.61. The first-order chi connectivity index (χ1) is 7.97. The highest BCUT2D eigenvalue weighted by atomic mass is 31.3. The molecule has 2 atom stereocenters. The predicted molar refractivity (Wildman–Crippen MR) is 59.9 cm³/mol. The minimum Gasteiger partial charge on any atom is -0.282 e. The van der Waals surface area contributed by atoms with E-state index >= 15 is 0 Å². The maximum Gasteiger partial charge on any atom is 0.708 e. The first-order valence-corrected chi connectivity index (χ1v) is 8.46. The molecule has 0 aliphatic rings. The molecule has 0 aliphatic carbocycles. The predicted octanol–water partition coefficient (Wildman–Crippen LogP) is 3.55. The molecule has 0 aromatic carbocycles. The van der Waals surface area contributed by atoms with Crippen LogP contribution in [0.1, 0.15) is 20.8 Å². The number of hydrogen-bond donors (Lipinski definition) is 0. The summed E-state index contributed by atoms with van der Waals surface area (Å²) in [7, 11) is -9.54. The maximum absolute atomic E-state index is 11.8. The summed E-state index contributed by atoms with van der Waals surface area (Å²) in [5, 5.41) is 0. The average Bonchev–Trinajstić information content (AvgIpc) is 2.17. The van der Waals surface area contributed by atoms with Crippen LogP contribution in [0.4, 0.5) is 0 Å². The van der Waals surface area contributed by atoms with Gasteiger partial charge in [0.2, 0.25) is 0 Å². The standard InChI is InChI=1S/C6H15O8P3/c1-4-10-15(7)13-17(9,12-6-3)14-16(8)11-5-2/h4-6H2,1-3H3/q+2. The Hall–Kier alpha value is 0.230. The van der Waals surface area contributed by atoms with E-state index in [0.29, 0.717) is 0 Å². The van der Waals surface area contributed by atoms with Gasteiger partial charge in [0.15, 0.2) is 0 Å². The number of hydrogen-bond acceptors (Lipinski definition) is 8. The SMILES string of the molecule is CCO[P+](=O)OP(=O)(OCC)O[P+](=O)OCC. The van der Waals surface area contributed by atoms with Gasteiger partial charge in [-0.15, -0.1) is 9.05 Å². The Morgan fingerprint density at radius 1 is 0.882 bits per heavy atom. The Balaban J connectivity index is 4.50. The van der Waals surface area contributed by atoms with Crippen molar-refractivity contribution in [2.75, 3.05) is 19.8 Å². The molecule has 0 spiro atoms. The summed E-state index contributed by atoms with van der Waals surface area (Å²) in [6.45, 7) is 4.81. The van der Waals surface area contributed by atoms with Crippen LogP contribution in [0.25, 0.3) is 0 Å². The third-order valence-electron chi connectivity index (χ3n) is 1.09. The van der Waals surface area contributed by atoms with E-state index in [1.165, 1.54) is 6.92 Å². The Bertz CT molecular complexity index is 282. The van der Waals surface area contributed by atoms with Crippen LogP contribution in [-0.4, -0.2) is 19.8 Å². The van der Waals surface area contributed by atoms with Crippen LogP contribution in [0.5, 0.6) is 0 Å². The van der Waals surface area contributed by atoms with Crippen LogP contribution in [-0.2, 0) is 35.9 Å². The Morgan fingerprint density at radius 2 is 1.29 bits per heavy atom. The summed E-state index contributed by atoms with van der Waals surface area (Å²) >= 11 is 0. The van der Waals surface area contributed by atoms with Gasteiger partial charge in [-0.2, -0.15) is 0 Å². The highest BCUT2D eigenvalue weighted by Crippen LogP contribution is 2.61. The van der Waals surface area contributed by atoms with Crippen LogP contribution in [0, 0.1) is 0 Å². The van der Waals surface area contributed by atoms with Gasteiger partial charge in [-0.1, -0.05) is 0 Å². The molecule has 0 bridgehead atoms.